The third kappa shape index (κ3) is 4.55. The molecule has 138 valence electrons. The predicted octanol–water partition coefficient (Wildman–Crippen LogP) is 6.48. The van der Waals surface area contributed by atoms with Crippen molar-refractivity contribution in [2.24, 2.45) is 0 Å². The Kier molecular flexibility index (Phi) is 5.82. The average molecular weight is 359 g/mol. The second-order valence-corrected chi connectivity index (χ2v) is 6.83. The van der Waals surface area contributed by atoms with Gasteiger partial charge in [-0.15, -0.1) is 0 Å². The van der Waals surface area contributed by atoms with Crippen molar-refractivity contribution in [1.29, 1.82) is 0 Å². The molecule has 0 bridgehead atoms. The normalized spacial score (nSPS) is 16.3. The van der Waals surface area contributed by atoms with Gasteiger partial charge < -0.3 is 5.32 Å². The Bertz CT molecular complexity index is 812. The van der Waals surface area contributed by atoms with Crippen LogP contribution in [0, 0.1) is 0 Å². The molecule has 1 aliphatic rings. The minimum atomic E-state index is -4.19. The summed E-state index contributed by atoms with van der Waals surface area (Å²) < 4.78 is 38.4. The van der Waals surface area contributed by atoms with E-state index in [0.717, 1.165) is 18.5 Å². The Morgan fingerprint density at radius 1 is 1.08 bits per heavy atom. The molecule has 0 heterocycles. The SMILES string of the molecule is C[C@@H](NCCCC1=CCCC(C(F)(F)F)=C1)c1cccc2ccccc12. The summed E-state index contributed by atoms with van der Waals surface area (Å²) in [6.07, 6.45) is 1.16. The third-order valence-electron chi connectivity index (χ3n) is 4.93. The lowest BCUT2D eigenvalue weighted by molar-refractivity contribution is -0.0941. The van der Waals surface area contributed by atoms with E-state index in [2.05, 4.69) is 42.6 Å². The highest BCUT2D eigenvalue weighted by molar-refractivity contribution is 5.86. The maximum atomic E-state index is 12.8. The quantitative estimate of drug-likeness (QED) is 0.582. The van der Waals surface area contributed by atoms with E-state index < -0.39 is 11.7 Å². The van der Waals surface area contributed by atoms with Crippen LogP contribution in [0.2, 0.25) is 0 Å². The molecule has 2 aromatic carbocycles. The molecule has 26 heavy (non-hydrogen) atoms. The molecule has 1 nitrogen and oxygen atoms in total. The third-order valence-corrected chi connectivity index (χ3v) is 4.93. The Morgan fingerprint density at radius 2 is 1.85 bits per heavy atom. The number of hydrogen-bond donors (Lipinski definition) is 1. The number of rotatable bonds is 6. The molecular weight excluding hydrogens is 335 g/mol. The van der Waals surface area contributed by atoms with Crippen LogP contribution in [0.15, 0.2) is 65.8 Å². The van der Waals surface area contributed by atoms with Crippen LogP contribution in [0.1, 0.15) is 44.2 Å². The van der Waals surface area contributed by atoms with Crippen molar-refractivity contribution in [3.05, 3.63) is 71.3 Å². The standard InChI is InChI=1S/C22H24F3N/c1-16(20-13-5-10-18-9-2-3-12-21(18)20)26-14-6-8-17-7-4-11-19(15-17)22(23,24)25/h2-3,5,7,9-10,12-13,15-16,26H,4,6,8,11,14H2,1H3/t16-/m1/s1. The monoisotopic (exact) mass is 359 g/mol. The number of fused-ring (bicyclic) bond motifs is 1. The van der Waals surface area contributed by atoms with Crippen LogP contribution >= 0.6 is 0 Å². The van der Waals surface area contributed by atoms with Crippen LogP contribution in [-0.2, 0) is 0 Å². The van der Waals surface area contributed by atoms with Gasteiger partial charge in [0.1, 0.15) is 0 Å². The zero-order chi connectivity index (χ0) is 18.6. The highest BCUT2D eigenvalue weighted by atomic mass is 19.4. The van der Waals surface area contributed by atoms with Gasteiger partial charge in [0.25, 0.3) is 0 Å². The maximum absolute atomic E-state index is 12.8. The van der Waals surface area contributed by atoms with Crippen LogP contribution in [0.25, 0.3) is 10.8 Å². The Hall–Kier alpha value is -2.07. The first-order valence-electron chi connectivity index (χ1n) is 9.13. The van der Waals surface area contributed by atoms with Crippen molar-refractivity contribution in [2.75, 3.05) is 6.54 Å². The molecule has 0 unspecified atom stereocenters. The van der Waals surface area contributed by atoms with Gasteiger partial charge in [0.05, 0.1) is 0 Å². The van der Waals surface area contributed by atoms with Crippen molar-refractivity contribution < 1.29 is 13.2 Å². The van der Waals surface area contributed by atoms with Crippen LogP contribution in [0.5, 0.6) is 0 Å². The smallest absolute Gasteiger partial charge is 0.310 e. The molecule has 0 spiro atoms. The van der Waals surface area contributed by atoms with Gasteiger partial charge in [0, 0.05) is 11.6 Å². The number of nitrogens with one attached hydrogen (secondary N) is 1. The molecule has 0 saturated heterocycles. The summed E-state index contributed by atoms with van der Waals surface area (Å²) in [6, 6.07) is 14.8. The van der Waals surface area contributed by atoms with E-state index in [-0.39, 0.29) is 12.5 Å². The number of alkyl halides is 3. The molecule has 1 aliphatic carbocycles. The van der Waals surface area contributed by atoms with E-state index in [1.54, 1.807) is 0 Å². The van der Waals surface area contributed by atoms with E-state index in [0.29, 0.717) is 12.8 Å². The Balaban J connectivity index is 1.54. The topological polar surface area (TPSA) is 12.0 Å². The largest absolute Gasteiger partial charge is 0.412 e. The number of hydrogen-bond acceptors (Lipinski definition) is 1. The lowest BCUT2D eigenvalue weighted by atomic mass is 9.96. The minimum absolute atomic E-state index is 0.101. The Labute approximate surface area is 152 Å². The molecule has 3 rings (SSSR count). The molecule has 0 radical (unpaired) electrons. The summed E-state index contributed by atoms with van der Waals surface area (Å²) in [5.74, 6) is 0. The number of allylic oxidation sites excluding steroid dienone is 4. The summed E-state index contributed by atoms with van der Waals surface area (Å²) in [4.78, 5) is 0. The first-order valence-corrected chi connectivity index (χ1v) is 9.13. The van der Waals surface area contributed by atoms with Gasteiger partial charge in [-0.25, -0.2) is 0 Å². The molecule has 4 heteroatoms. The van der Waals surface area contributed by atoms with Crippen molar-refractivity contribution in [2.45, 2.75) is 44.8 Å². The van der Waals surface area contributed by atoms with Gasteiger partial charge in [0.2, 0.25) is 0 Å². The summed E-state index contributed by atoms with van der Waals surface area (Å²) in [6.45, 7) is 2.90. The molecular formula is C22H24F3N. The fraction of sp³-hybridized carbons (Fsp3) is 0.364. The summed E-state index contributed by atoms with van der Waals surface area (Å²) >= 11 is 0. The van der Waals surface area contributed by atoms with E-state index in [4.69, 9.17) is 0 Å². The zero-order valence-corrected chi connectivity index (χ0v) is 14.9. The molecule has 0 saturated carbocycles. The highest BCUT2D eigenvalue weighted by Gasteiger charge is 2.33. The summed E-state index contributed by atoms with van der Waals surface area (Å²) in [7, 11) is 0. The second-order valence-electron chi connectivity index (χ2n) is 6.83. The summed E-state index contributed by atoms with van der Waals surface area (Å²) in [5.41, 5.74) is 1.66. The van der Waals surface area contributed by atoms with Crippen molar-refractivity contribution in [3.8, 4) is 0 Å². The number of halogens is 3. The van der Waals surface area contributed by atoms with Gasteiger partial charge in [-0.2, -0.15) is 13.2 Å². The Morgan fingerprint density at radius 3 is 2.65 bits per heavy atom. The van der Waals surface area contributed by atoms with E-state index in [1.807, 2.05) is 18.2 Å². The highest BCUT2D eigenvalue weighted by Crippen LogP contribution is 2.33. The fourth-order valence-electron chi connectivity index (χ4n) is 3.51. The molecule has 0 aromatic heterocycles. The van der Waals surface area contributed by atoms with Crippen LogP contribution < -0.4 is 5.32 Å². The number of benzene rings is 2. The first-order chi connectivity index (χ1) is 12.4. The molecule has 1 N–H and O–H groups in total. The average Bonchev–Trinajstić information content (AvgIpc) is 2.64. The molecule has 1 atom stereocenters. The van der Waals surface area contributed by atoms with E-state index >= 15 is 0 Å². The predicted molar refractivity (Wildman–Crippen MR) is 101 cm³/mol. The fourth-order valence-corrected chi connectivity index (χ4v) is 3.51. The van der Waals surface area contributed by atoms with Crippen LogP contribution in [0.4, 0.5) is 13.2 Å². The van der Waals surface area contributed by atoms with Crippen LogP contribution in [-0.4, -0.2) is 12.7 Å². The van der Waals surface area contributed by atoms with Crippen LogP contribution in [0.3, 0.4) is 0 Å². The summed E-state index contributed by atoms with van der Waals surface area (Å²) in [5, 5.41) is 5.96. The maximum Gasteiger partial charge on any atom is 0.412 e. The lowest BCUT2D eigenvalue weighted by Crippen LogP contribution is -2.20. The van der Waals surface area contributed by atoms with Crippen molar-refractivity contribution in [3.63, 3.8) is 0 Å². The minimum Gasteiger partial charge on any atom is -0.310 e. The molecule has 0 amide bonds. The van der Waals surface area contributed by atoms with E-state index in [1.165, 1.54) is 22.4 Å². The lowest BCUT2D eigenvalue weighted by Gasteiger charge is -2.18. The van der Waals surface area contributed by atoms with Crippen molar-refractivity contribution in [1.82, 2.24) is 5.32 Å². The van der Waals surface area contributed by atoms with Gasteiger partial charge in [-0.05, 0) is 55.5 Å². The van der Waals surface area contributed by atoms with Gasteiger partial charge >= 0.3 is 6.18 Å². The molecule has 0 fully saturated rings. The van der Waals surface area contributed by atoms with Gasteiger partial charge in [0.15, 0.2) is 0 Å². The second kappa shape index (κ2) is 8.09. The van der Waals surface area contributed by atoms with Gasteiger partial charge in [-0.1, -0.05) is 60.2 Å². The molecule has 0 aliphatic heterocycles. The zero-order valence-electron chi connectivity index (χ0n) is 14.9. The molecule has 2 aromatic rings. The van der Waals surface area contributed by atoms with Gasteiger partial charge in [-0.3, -0.25) is 0 Å². The van der Waals surface area contributed by atoms with Crippen molar-refractivity contribution >= 4 is 10.8 Å². The first kappa shape index (κ1) is 18.7. The van der Waals surface area contributed by atoms with E-state index in [9.17, 15) is 13.2 Å².